The van der Waals surface area contributed by atoms with Crippen molar-refractivity contribution in [1.82, 2.24) is 0 Å². The number of esters is 3. The van der Waals surface area contributed by atoms with Crippen molar-refractivity contribution >= 4 is 17.9 Å². The van der Waals surface area contributed by atoms with E-state index in [1.807, 2.05) is 0 Å². The van der Waals surface area contributed by atoms with E-state index in [2.05, 4.69) is 118 Å². The SMILES string of the molecule is CC/C=C\C/C=C\C/C=C\C/C=C\C/C=C\CCCCCCCCCCCCCC(=O)OCC(COC(=O)CCCCCCCCC/C=C\C/C=C\C/C=C\CC)OC(=O)CCCCCCCCCCCCCCCCCCCC. The van der Waals surface area contributed by atoms with Gasteiger partial charge in [0.05, 0.1) is 0 Å². The Bertz CT molecular complexity index is 1560. The number of carbonyl (C=O) groups excluding carboxylic acids is 3. The Hall–Kier alpha value is -3.67. The monoisotopic (exact) mass is 1110 g/mol. The first-order valence-corrected chi connectivity index (χ1v) is 34.2. The molecule has 0 aromatic heterocycles. The summed E-state index contributed by atoms with van der Waals surface area (Å²) in [6.07, 6.45) is 91.3. The zero-order valence-electron chi connectivity index (χ0n) is 52.8. The van der Waals surface area contributed by atoms with Gasteiger partial charge in [0.1, 0.15) is 13.2 Å². The Kier molecular flexibility index (Phi) is 64.7. The summed E-state index contributed by atoms with van der Waals surface area (Å²) in [6, 6.07) is 0. The number of rotatable bonds is 62. The summed E-state index contributed by atoms with van der Waals surface area (Å²) in [6.45, 7) is 6.45. The first-order chi connectivity index (χ1) is 39.5. The molecule has 0 saturated carbocycles. The molecule has 0 aliphatic carbocycles. The normalized spacial score (nSPS) is 12.7. The van der Waals surface area contributed by atoms with E-state index in [1.54, 1.807) is 0 Å². The summed E-state index contributed by atoms with van der Waals surface area (Å²) >= 11 is 0. The van der Waals surface area contributed by atoms with Crippen molar-refractivity contribution in [3.63, 3.8) is 0 Å². The third-order valence-corrected chi connectivity index (χ3v) is 14.8. The van der Waals surface area contributed by atoms with E-state index in [1.165, 1.54) is 180 Å². The molecule has 80 heavy (non-hydrogen) atoms. The summed E-state index contributed by atoms with van der Waals surface area (Å²) in [5.74, 6) is -0.874. The van der Waals surface area contributed by atoms with E-state index >= 15 is 0 Å². The number of allylic oxidation sites excluding steroid dienone is 16. The minimum atomic E-state index is -0.783. The number of hydrogen-bond acceptors (Lipinski definition) is 6. The summed E-state index contributed by atoms with van der Waals surface area (Å²) in [4.78, 5) is 38.4. The molecule has 0 amide bonds. The lowest BCUT2D eigenvalue weighted by Crippen LogP contribution is -2.30. The maximum atomic E-state index is 12.9. The van der Waals surface area contributed by atoms with Gasteiger partial charge < -0.3 is 14.2 Å². The fourth-order valence-corrected chi connectivity index (χ4v) is 9.78. The van der Waals surface area contributed by atoms with Crippen molar-refractivity contribution in [2.24, 2.45) is 0 Å². The smallest absolute Gasteiger partial charge is 0.306 e. The maximum absolute atomic E-state index is 12.9. The molecule has 460 valence electrons. The Labute approximate surface area is 496 Å². The fourth-order valence-electron chi connectivity index (χ4n) is 9.78. The van der Waals surface area contributed by atoms with Gasteiger partial charge in [-0.2, -0.15) is 0 Å². The maximum Gasteiger partial charge on any atom is 0.306 e. The number of hydrogen-bond donors (Lipinski definition) is 0. The highest BCUT2D eigenvalue weighted by Crippen LogP contribution is 2.17. The van der Waals surface area contributed by atoms with Gasteiger partial charge in [-0.15, -0.1) is 0 Å². The summed E-state index contributed by atoms with van der Waals surface area (Å²) < 4.78 is 17.0. The molecular weight excluding hydrogens is 985 g/mol. The van der Waals surface area contributed by atoms with Crippen LogP contribution < -0.4 is 0 Å². The van der Waals surface area contributed by atoms with Gasteiger partial charge in [-0.25, -0.2) is 0 Å². The van der Waals surface area contributed by atoms with Crippen LogP contribution in [0.3, 0.4) is 0 Å². The molecule has 0 aromatic rings. The highest BCUT2D eigenvalue weighted by atomic mass is 16.6. The second kappa shape index (κ2) is 67.8. The molecule has 0 heterocycles. The van der Waals surface area contributed by atoms with Gasteiger partial charge >= 0.3 is 17.9 Å². The third-order valence-electron chi connectivity index (χ3n) is 14.8. The third kappa shape index (κ3) is 65.1. The van der Waals surface area contributed by atoms with E-state index in [0.29, 0.717) is 19.3 Å². The van der Waals surface area contributed by atoms with Crippen molar-refractivity contribution in [3.05, 3.63) is 97.2 Å². The lowest BCUT2D eigenvalue weighted by atomic mass is 10.0. The number of carbonyl (C=O) groups is 3. The van der Waals surface area contributed by atoms with Crippen LogP contribution in [0.5, 0.6) is 0 Å². The predicted molar refractivity (Wildman–Crippen MR) is 348 cm³/mol. The molecule has 6 heteroatoms. The van der Waals surface area contributed by atoms with Crippen molar-refractivity contribution in [2.45, 2.75) is 341 Å². The van der Waals surface area contributed by atoms with Crippen LogP contribution in [0.1, 0.15) is 335 Å². The molecule has 0 rings (SSSR count). The van der Waals surface area contributed by atoms with Crippen molar-refractivity contribution < 1.29 is 28.6 Å². The lowest BCUT2D eigenvalue weighted by molar-refractivity contribution is -0.167. The van der Waals surface area contributed by atoms with Crippen LogP contribution in [0.15, 0.2) is 97.2 Å². The predicted octanol–water partition coefficient (Wildman–Crippen LogP) is 23.6. The minimum absolute atomic E-state index is 0.0792. The Morgan fingerprint density at radius 1 is 0.263 bits per heavy atom. The molecule has 0 fully saturated rings. The first kappa shape index (κ1) is 76.3. The van der Waals surface area contributed by atoms with Crippen molar-refractivity contribution in [3.8, 4) is 0 Å². The quantitative estimate of drug-likeness (QED) is 0.0261. The second-order valence-corrected chi connectivity index (χ2v) is 22.7. The summed E-state index contributed by atoms with van der Waals surface area (Å²) in [5.41, 5.74) is 0. The van der Waals surface area contributed by atoms with Crippen molar-refractivity contribution in [1.29, 1.82) is 0 Å². The summed E-state index contributed by atoms with van der Waals surface area (Å²) in [5, 5.41) is 0. The van der Waals surface area contributed by atoms with E-state index in [0.717, 1.165) is 116 Å². The molecular formula is C74H128O6. The second-order valence-electron chi connectivity index (χ2n) is 22.7. The average molecular weight is 1110 g/mol. The Morgan fingerprint density at radius 3 is 0.762 bits per heavy atom. The molecule has 1 unspecified atom stereocenters. The number of unbranched alkanes of at least 4 members (excludes halogenated alkanes) is 35. The zero-order valence-corrected chi connectivity index (χ0v) is 52.8. The molecule has 0 N–H and O–H groups in total. The van der Waals surface area contributed by atoms with Gasteiger partial charge in [0.25, 0.3) is 0 Å². The van der Waals surface area contributed by atoms with Crippen LogP contribution in [0.4, 0.5) is 0 Å². The van der Waals surface area contributed by atoms with E-state index in [9.17, 15) is 14.4 Å². The molecule has 1 atom stereocenters. The van der Waals surface area contributed by atoms with Gasteiger partial charge in [0.2, 0.25) is 0 Å². The van der Waals surface area contributed by atoms with Crippen LogP contribution >= 0.6 is 0 Å². The van der Waals surface area contributed by atoms with Gasteiger partial charge in [0.15, 0.2) is 6.10 Å². The van der Waals surface area contributed by atoms with E-state index in [4.69, 9.17) is 14.2 Å². The topological polar surface area (TPSA) is 78.9 Å². The highest BCUT2D eigenvalue weighted by molar-refractivity contribution is 5.71. The first-order valence-electron chi connectivity index (χ1n) is 34.2. The average Bonchev–Trinajstić information content (AvgIpc) is 3.46. The van der Waals surface area contributed by atoms with Crippen molar-refractivity contribution in [2.75, 3.05) is 13.2 Å². The molecule has 0 bridgehead atoms. The van der Waals surface area contributed by atoms with Crippen LogP contribution in [0.25, 0.3) is 0 Å². The number of ether oxygens (including phenoxy) is 3. The molecule has 6 nitrogen and oxygen atoms in total. The minimum Gasteiger partial charge on any atom is -0.462 e. The van der Waals surface area contributed by atoms with Crippen LogP contribution in [-0.4, -0.2) is 37.2 Å². The van der Waals surface area contributed by atoms with E-state index < -0.39 is 6.10 Å². The van der Waals surface area contributed by atoms with Crippen LogP contribution in [-0.2, 0) is 28.6 Å². The standard InChI is InChI=1S/C74H128O6/c1-4-7-10-13-16-19-22-25-28-31-33-34-35-36-37-38-39-40-41-44-46-49-52-55-58-61-64-67-73(76)79-70-71(69-78-72(75)66-63-60-57-54-51-48-45-42-30-27-24-21-18-15-12-9-6-3)80-74(77)68-65-62-59-56-53-50-47-43-32-29-26-23-20-17-14-11-8-5-2/h7,9-10,12,16,18-19,21,25,27-28,30,33-34,36-37,71H,4-6,8,11,13-15,17,20,22-24,26,29,31-32,35,38-70H2,1-3H3/b10-7-,12-9-,19-16-,21-18-,28-25-,30-27-,34-33-,37-36-. The van der Waals surface area contributed by atoms with Gasteiger partial charge in [-0.1, -0.05) is 317 Å². The van der Waals surface area contributed by atoms with Crippen LogP contribution in [0, 0.1) is 0 Å². The van der Waals surface area contributed by atoms with Crippen LogP contribution in [0.2, 0.25) is 0 Å². The lowest BCUT2D eigenvalue weighted by Gasteiger charge is -2.18. The fraction of sp³-hybridized carbons (Fsp3) is 0.743. The van der Waals surface area contributed by atoms with E-state index in [-0.39, 0.29) is 31.1 Å². The molecule has 0 aliphatic rings. The van der Waals surface area contributed by atoms with Gasteiger partial charge in [0, 0.05) is 19.3 Å². The zero-order chi connectivity index (χ0) is 57.8. The largest absolute Gasteiger partial charge is 0.462 e. The molecule has 0 spiro atoms. The molecule has 0 radical (unpaired) electrons. The molecule has 0 aromatic carbocycles. The van der Waals surface area contributed by atoms with Gasteiger partial charge in [-0.05, 0) is 96.3 Å². The molecule has 0 aliphatic heterocycles. The Balaban J connectivity index is 4.33. The van der Waals surface area contributed by atoms with Gasteiger partial charge in [-0.3, -0.25) is 14.4 Å². The Morgan fingerprint density at radius 2 is 0.487 bits per heavy atom. The summed E-state index contributed by atoms with van der Waals surface area (Å²) in [7, 11) is 0. The molecule has 0 saturated heterocycles. The highest BCUT2D eigenvalue weighted by Gasteiger charge is 2.19.